The van der Waals surface area contributed by atoms with Crippen LogP contribution in [0.15, 0.2) is 17.3 Å². The number of aliphatic hydroxyl groups excluding tert-OH is 3. The van der Waals surface area contributed by atoms with Crippen LogP contribution >= 0.6 is 0 Å². The number of amidine groups is 1. The highest BCUT2D eigenvalue weighted by molar-refractivity contribution is 5.91. The van der Waals surface area contributed by atoms with Gasteiger partial charge in [0.05, 0.1) is 6.61 Å². The Morgan fingerprint density at radius 1 is 1.50 bits per heavy atom. The van der Waals surface area contributed by atoms with E-state index in [-0.39, 0.29) is 11.8 Å². The molecule has 0 spiro atoms. The summed E-state index contributed by atoms with van der Waals surface area (Å²) >= 11 is 0. The molecule has 20 heavy (non-hydrogen) atoms. The zero-order valence-corrected chi connectivity index (χ0v) is 10.8. The molecule has 0 amide bonds. The van der Waals surface area contributed by atoms with Gasteiger partial charge in [-0.05, 0) is 24.8 Å². The molecule has 5 N–H and O–H groups in total. The summed E-state index contributed by atoms with van der Waals surface area (Å²) in [5.41, 5.74) is 4.14. The molecule has 3 aliphatic rings. The smallest absolute Gasteiger partial charge is 0.229 e. The average molecular weight is 287 g/mol. The molecule has 0 bridgehead atoms. The number of nitrogens with zero attached hydrogens (tertiary/aromatic N) is 2. The number of alkyl halides is 1. The Morgan fingerprint density at radius 2 is 2.20 bits per heavy atom. The van der Waals surface area contributed by atoms with Crippen molar-refractivity contribution in [1.29, 1.82) is 0 Å². The molecule has 1 saturated carbocycles. The van der Waals surface area contributed by atoms with E-state index in [0.29, 0.717) is 0 Å². The van der Waals surface area contributed by atoms with Gasteiger partial charge in [-0.25, -0.2) is 9.38 Å². The normalized spacial score (nSPS) is 44.8. The highest BCUT2D eigenvalue weighted by Crippen LogP contribution is 2.50. The van der Waals surface area contributed by atoms with Crippen molar-refractivity contribution in [2.75, 3.05) is 6.61 Å². The molecule has 0 aromatic heterocycles. The van der Waals surface area contributed by atoms with Gasteiger partial charge < -0.3 is 30.7 Å². The van der Waals surface area contributed by atoms with Crippen molar-refractivity contribution in [1.82, 2.24) is 4.90 Å². The highest BCUT2D eigenvalue weighted by Gasteiger charge is 2.63. The predicted molar refractivity (Wildman–Crippen MR) is 66.9 cm³/mol. The van der Waals surface area contributed by atoms with E-state index in [9.17, 15) is 19.7 Å². The van der Waals surface area contributed by atoms with E-state index in [1.165, 1.54) is 12.3 Å². The topological polar surface area (TPSA) is 112 Å². The fraction of sp³-hybridized carbons (Fsp3) is 0.750. The third-order valence-corrected chi connectivity index (χ3v) is 4.17. The summed E-state index contributed by atoms with van der Waals surface area (Å²) in [6.45, 7) is -0.463. The maximum absolute atomic E-state index is 14.4. The first kappa shape index (κ1) is 13.7. The number of halogens is 1. The van der Waals surface area contributed by atoms with Crippen LogP contribution in [0.2, 0.25) is 0 Å². The Balaban J connectivity index is 1.83. The number of hydrogen-bond donors (Lipinski definition) is 4. The second kappa shape index (κ2) is 4.66. The molecule has 7 nitrogen and oxygen atoms in total. The van der Waals surface area contributed by atoms with Crippen molar-refractivity contribution in [2.45, 2.75) is 43.3 Å². The van der Waals surface area contributed by atoms with Gasteiger partial charge in [-0.1, -0.05) is 0 Å². The summed E-state index contributed by atoms with van der Waals surface area (Å²) in [6, 6.07) is 0. The molecular formula is C12H18FN3O4. The predicted octanol–water partition coefficient (Wildman–Crippen LogP) is -1.35. The molecular weight excluding hydrogens is 269 g/mol. The minimum absolute atomic E-state index is 0.0646. The quantitative estimate of drug-likeness (QED) is 0.510. The van der Waals surface area contributed by atoms with Gasteiger partial charge in [0.15, 0.2) is 12.4 Å². The monoisotopic (exact) mass is 287 g/mol. The average Bonchev–Trinajstić information content (AvgIpc) is 3.22. The third-order valence-electron chi connectivity index (χ3n) is 4.17. The Kier molecular flexibility index (Phi) is 3.20. The minimum atomic E-state index is -1.75. The Morgan fingerprint density at radius 3 is 2.75 bits per heavy atom. The van der Waals surface area contributed by atoms with Crippen LogP contribution in [0.4, 0.5) is 4.39 Å². The molecule has 5 atom stereocenters. The zero-order chi connectivity index (χ0) is 14.5. The molecule has 0 radical (unpaired) electrons. The molecule has 2 heterocycles. The molecule has 1 unspecified atom stereocenters. The van der Waals surface area contributed by atoms with Crippen LogP contribution in [0, 0.1) is 5.92 Å². The lowest BCUT2D eigenvalue weighted by Gasteiger charge is -2.34. The number of aliphatic hydroxyl groups is 3. The van der Waals surface area contributed by atoms with Gasteiger partial charge in [-0.2, -0.15) is 0 Å². The van der Waals surface area contributed by atoms with Crippen LogP contribution in [0.25, 0.3) is 0 Å². The number of rotatable bonds is 3. The molecule has 3 rings (SSSR count). The van der Waals surface area contributed by atoms with E-state index >= 15 is 0 Å². The Bertz CT molecular complexity index is 456. The number of hydrogen-bond acceptors (Lipinski definition) is 7. The van der Waals surface area contributed by atoms with Crippen LogP contribution in [0.1, 0.15) is 12.8 Å². The molecule has 2 aliphatic heterocycles. The van der Waals surface area contributed by atoms with Gasteiger partial charge in [0.1, 0.15) is 17.5 Å². The van der Waals surface area contributed by atoms with Crippen molar-refractivity contribution in [3.05, 3.63) is 12.3 Å². The van der Waals surface area contributed by atoms with Gasteiger partial charge in [0.25, 0.3) is 0 Å². The lowest BCUT2D eigenvalue weighted by molar-refractivity contribution is -0.172. The molecule has 1 saturated heterocycles. The first-order valence-corrected chi connectivity index (χ1v) is 6.57. The summed E-state index contributed by atoms with van der Waals surface area (Å²) in [5, 5.41) is 29.5. The van der Waals surface area contributed by atoms with Crippen LogP contribution < -0.4 is 5.73 Å². The fourth-order valence-corrected chi connectivity index (χ4v) is 2.88. The standard InChI is InChI=1S/C12H18FN3O4/c13-8-9(18)12(5-17,6-1-2-6)20-10(8)16-4-3-7(14)15-11(16)19/h3-4,6,8-11,17-19H,1-2,5H2,(H2,14,15)/t8-,9+,10-,11?,12+/m1/s1. The van der Waals surface area contributed by atoms with E-state index in [1.807, 2.05) is 0 Å². The zero-order valence-electron chi connectivity index (χ0n) is 10.8. The van der Waals surface area contributed by atoms with Crippen LogP contribution in [0.5, 0.6) is 0 Å². The second-order valence-electron chi connectivity index (χ2n) is 5.45. The van der Waals surface area contributed by atoms with Crippen molar-refractivity contribution in [3.63, 3.8) is 0 Å². The van der Waals surface area contributed by atoms with Gasteiger partial charge >= 0.3 is 0 Å². The summed E-state index contributed by atoms with van der Waals surface area (Å²) < 4.78 is 20.0. The molecule has 2 fully saturated rings. The summed E-state index contributed by atoms with van der Waals surface area (Å²) in [5.74, 6) is 0.0588. The van der Waals surface area contributed by atoms with Crippen LogP contribution in [-0.4, -0.2) is 63.1 Å². The Hall–Kier alpha value is -1.22. The summed E-state index contributed by atoms with van der Waals surface area (Å²) in [4.78, 5) is 4.84. The van der Waals surface area contributed by atoms with Gasteiger partial charge in [0, 0.05) is 6.20 Å². The van der Waals surface area contributed by atoms with E-state index in [0.717, 1.165) is 17.7 Å². The van der Waals surface area contributed by atoms with E-state index in [2.05, 4.69) is 4.99 Å². The van der Waals surface area contributed by atoms with Crippen molar-refractivity contribution in [2.24, 2.45) is 16.6 Å². The van der Waals surface area contributed by atoms with Gasteiger partial charge in [0.2, 0.25) is 6.35 Å². The summed E-state index contributed by atoms with van der Waals surface area (Å²) in [6.07, 6.45) is -1.43. The van der Waals surface area contributed by atoms with Gasteiger partial charge in [-0.3, -0.25) is 0 Å². The van der Waals surface area contributed by atoms with Crippen molar-refractivity contribution < 1.29 is 24.4 Å². The third kappa shape index (κ3) is 1.91. The molecule has 0 aromatic rings. The lowest BCUT2D eigenvalue weighted by Crippen LogP contribution is -2.47. The lowest BCUT2D eigenvalue weighted by atomic mass is 9.91. The highest BCUT2D eigenvalue weighted by atomic mass is 19.1. The Labute approximate surface area is 115 Å². The second-order valence-corrected chi connectivity index (χ2v) is 5.45. The van der Waals surface area contributed by atoms with E-state index in [1.54, 1.807) is 0 Å². The van der Waals surface area contributed by atoms with Crippen LogP contribution in [-0.2, 0) is 4.74 Å². The summed E-state index contributed by atoms with van der Waals surface area (Å²) in [7, 11) is 0. The fourth-order valence-electron chi connectivity index (χ4n) is 2.88. The van der Waals surface area contributed by atoms with Crippen molar-refractivity contribution in [3.8, 4) is 0 Å². The molecule has 0 aromatic carbocycles. The largest absolute Gasteiger partial charge is 0.393 e. The number of ether oxygens (including phenoxy) is 1. The van der Waals surface area contributed by atoms with E-state index in [4.69, 9.17) is 10.5 Å². The van der Waals surface area contributed by atoms with E-state index < -0.39 is 37.1 Å². The number of aliphatic imine (C=N–C) groups is 1. The molecule has 8 heteroatoms. The molecule has 1 aliphatic carbocycles. The SMILES string of the molecule is NC1=NC(O)N([C@@H]2O[C@@](CO)(C3CC3)[C@@H](O)[C@H]2F)C=C1. The maximum atomic E-state index is 14.4. The van der Waals surface area contributed by atoms with Crippen molar-refractivity contribution >= 4 is 5.84 Å². The minimum Gasteiger partial charge on any atom is -0.393 e. The molecule has 112 valence electrons. The first-order chi connectivity index (χ1) is 9.49. The number of nitrogens with two attached hydrogens (primary N) is 1. The van der Waals surface area contributed by atoms with Gasteiger partial charge in [-0.15, -0.1) is 0 Å². The first-order valence-electron chi connectivity index (χ1n) is 6.57. The van der Waals surface area contributed by atoms with Crippen LogP contribution in [0.3, 0.4) is 0 Å². The maximum Gasteiger partial charge on any atom is 0.229 e.